The Morgan fingerprint density at radius 3 is 2.75 bits per heavy atom. The lowest BCUT2D eigenvalue weighted by Gasteiger charge is -2.18. The fourth-order valence-electron chi connectivity index (χ4n) is 3.35. The van der Waals surface area contributed by atoms with Gasteiger partial charge in [-0.15, -0.1) is 10.2 Å². The van der Waals surface area contributed by atoms with Crippen molar-refractivity contribution in [1.29, 1.82) is 0 Å². The fraction of sp³-hybridized carbons (Fsp3) is 0.375. The Balaban J connectivity index is 1.89. The summed E-state index contributed by atoms with van der Waals surface area (Å²) in [6.45, 7) is 8.76. The Bertz CT molecular complexity index is 1070. The van der Waals surface area contributed by atoms with Gasteiger partial charge in [-0.25, -0.2) is 4.79 Å². The second-order valence-corrected chi connectivity index (χ2v) is 9.24. The van der Waals surface area contributed by atoms with Gasteiger partial charge in [0, 0.05) is 17.3 Å². The molecule has 0 spiro atoms. The lowest BCUT2D eigenvalue weighted by atomic mass is 10.2. The molecule has 6 nitrogen and oxygen atoms in total. The number of aryl methyl sites for hydroxylation is 2. The highest BCUT2D eigenvalue weighted by Crippen LogP contribution is 2.30. The van der Waals surface area contributed by atoms with E-state index < -0.39 is 0 Å². The van der Waals surface area contributed by atoms with Gasteiger partial charge in [-0.2, -0.15) is 0 Å². The Morgan fingerprint density at radius 2 is 2.00 bits per heavy atom. The summed E-state index contributed by atoms with van der Waals surface area (Å²) < 4.78 is 2.00. The SMILES string of the molecule is CCCCNC(=O)NC(C)c1nnc(SCc2cccc(C)c2)n1-c1cc(Cl)ccc1C. The first-order valence-corrected chi connectivity index (χ1v) is 12.2. The minimum Gasteiger partial charge on any atom is -0.338 e. The van der Waals surface area contributed by atoms with Gasteiger partial charge in [0.05, 0.1) is 11.7 Å². The fourth-order valence-corrected chi connectivity index (χ4v) is 4.41. The average molecular weight is 472 g/mol. The van der Waals surface area contributed by atoms with E-state index in [2.05, 4.69) is 58.9 Å². The van der Waals surface area contributed by atoms with Crippen molar-refractivity contribution in [3.05, 3.63) is 70.0 Å². The maximum atomic E-state index is 12.3. The van der Waals surface area contributed by atoms with Crippen molar-refractivity contribution in [2.24, 2.45) is 0 Å². The molecule has 0 bridgehead atoms. The Kier molecular flexibility index (Phi) is 8.59. The van der Waals surface area contributed by atoms with Gasteiger partial charge in [0.25, 0.3) is 0 Å². The third kappa shape index (κ3) is 6.26. The van der Waals surface area contributed by atoms with Crippen LogP contribution in [-0.4, -0.2) is 27.3 Å². The van der Waals surface area contributed by atoms with E-state index in [4.69, 9.17) is 11.6 Å². The number of nitrogens with zero attached hydrogens (tertiary/aromatic N) is 3. The second kappa shape index (κ2) is 11.4. The minimum absolute atomic E-state index is 0.211. The van der Waals surface area contributed by atoms with E-state index in [-0.39, 0.29) is 12.1 Å². The monoisotopic (exact) mass is 471 g/mol. The molecular formula is C24H30ClN5OS. The number of rotatable bonds is 9. The van der Waals surface area contributed by atoms with Crippen molar-refractivity contribution in [3.8, 4) is 5.69 Å². The molecule has 0 saturated carbocycles. The van der Waals surface area contributed by atoms with Crippen molar-refractivity contribution < 1.29 is 4.79 Å². The van der Waals surface area contributed by atoms with Crippen LogP contribution in [0.3, 0.4) is 0 Å². The molecule has 2 aromatic carbocycles. The molecule has 3 rings (SSSR count). The van der Waals surface area contributed by atoms with Crippen LogP contribution in [-0.2, 0) is 5.75 Å². The molecule has 170 valence electrons. The lowest BCUT2D eigenvalue weighted by molar-refractivity contribution is 0.237. The average Bonchev–Trinajstić information content (AvgIpc) is 3.18. The van der Waals surface area contributed by atoms with Crippen LogP contribution in [0.2, 0.25) is 5.02 Å². The van der Waals surface area contributed by atoms with E-state index in [1.54, 1.807) is 11.8 Å². The van der Waals surface area contributed by atoms with Crippen LogP contribution in [0.5, 0.6) is 0 Å². The van der Waals surface area contributed by atoms with Gasteiger partial charge in [-0.3, -0.25) is 4.57 Å². The maximum absolute atomic E-state index is 12.3. The summed E-state index contributed by atoms with van der Waals surface area (Å²) >= 11 is 7.93. The summed E-state index contributed by atoms with van der Waals surface area (Å²) in [5.74, 6) is 1.42. The molecule has 2 amide bonds. The minimum atomic E-state index is -0.337. The van der Waals surface area contributed by atoms with Gasteiger partial charge in [-0.1, -0.05) is 72.6 Å². The summed E-state index contributed by atoms with van der Waals surface area (Å²) in [6.07, 6.45) is 1.97. The van der Waals surface area contributed by atoms with Gasteiger partial charge in [-0.05, 0) is 50.5 Å². The number of carbonyl (C=O) groups is 1. The number of urea groups is 1. The van der Waals surface area contributed by atoms with Crippen molar-refractivity contribution >= 4 is 29.4 Å². The highest BCUT2D eigenvalue weighted by atomic mass is 35.5. The number of benzene rings is 2. The van der Waals surface area contributed by atoms with Crippen LogP contribution >= 0.6 is 23.4 Å². The number of nitrogens with one attached hydrogen (secondary N) is 2. The number of aromatic nitrogens is 3. The van der Waals surface area contributed by atoms with Gasteiger partial charge < -0.3 is 10.6 Å². The van der Waals surface area contributed by atoms with Crippen molar-refractivity contribution in [2.75, 3.05) is 6.54 Å². The summed E-state index contributed by atoms with van der Waals surface area (Å²) in [5.41, 5.74) is 4.40. The predicted molar refractivity (Wildman–Crippen MR) is 132 cm³/mol. The highest BCUT2D eigenvalue weighted by Gasteiger charge is 2.22. The van der Waals surface area contributed by atoms with Crippen LogP contribution in [0.4, 0.5) is 4.79 Å². The van der Waals surface area contributed by atoms with E-state index in [0.29, 0.717) is 17.4 Å². The predicted octanol–water partition coefficient (Wildman–Crippen LogP) is 5.99. The van der Waals surface area contributed by atoms with Gasteiger partial charge in [0.1, 0.15) is 0 Å². The first-order chi connectivity index (χ1) is 15.4. The molecule has 2 N–H and O–H groups in total. The topological polar surface area (TPSA) is 71.8 Å². The summed E-state index contributed by atoms with van der Waals surface area (Å²) in [5, 5.41) is 16.2. The van der Waals surface area contributed by atoms with E-state index in [1.807, 2.05) is 36.6 Å². The van der Waals surface area contributed by atoms with Crippen LogP contribution in [0.15, 0.2) is 47.6 Å². The van der Waals surface area contributed by atoms with Gasteiger partial charge in [0.15, 0.2) is 11.0 Å². The van der Waals surface area contributed by atoms with Crippen molar-refractivity contribution in [3.63, 3.8) is 0 Å². The van der Waals surface area contributed by atoms with Crippen LogP contribution in [0.25, 0.3) is 5.69 Å². The Labute approximate surface area is 199 Å². The van der Waals surface area contributed by atoms with Crippen molar-refractivity contribution in [1.82, 2.24) is 25.4 Å². The largest absolute Gasteiger partial charge is 0.338 e. The highest BCUT2D eigenvalue weighted by molar-refractivity contribution is 7.98. The molecule has 1 atom stereocenters. The molecule has 0 aliphatic rings. The first-order valence-electron chi connectivity index (χ1n) is 10.8. The second-order valence-electron chi connectivity index (χ2n) is 7.86. The third-order valence-electron chi connectivity index (χ3n) is 5.07. The molecule has 3 aromatic rings. The molecule has 1 aromatic heterocycles. The van der Waals surface area contributed by atoms with Crippen LogP contribution < -0.4 is 10.6 Å². The third-order valence-corrected chi connectivity index (χ3v) is 6.31. The van der Waals surface area contributed by atoms with E-state index in [1.165, 1.54) is 11.1 Å². The zero-order chi connectivity index (χ0) is 23.1. The van der Waals surface area contributed by atoms with Crippen LogP contribution in [0, 0.1) is 13.8 Å². The van der Waals surface area contributed by atoms with Crippen molar-refractivity contribution in [2.45, 2.75) is 57.5 Å². The summed E-state index contributed by atoms with van der Waals surface area (Å²) in [6, 6.07) is 13.6. The van der Waals surface area contributed by atoms with E-state index in [0.717, 1.165) is 35.0 Å². The number of hydrogen-bond donors (Lipinski definition) is 2. The number of halogens is 1. The first kappa shape index (κ1) is 24.1. The number of hydrogen-bond acceptors (Lipinski definition) is 4. The maximum Gasteiger partial charge on any atom is 0.315 e. The zero-order valence-corrected chi connectivity index (χ0v) is 20.6. The molecule has 0 radical (unpaired) electrons. The molecule has 1 heterocycles. The number of thioether (sulfide) groups is 1. The van der Waals surface area contributed by atoms with Crippen LogP contribution in [0.1, 0.15) is 55.2 Å². The normalized spacial score (nSPS) is 11.9. The zero-order valence-electron chi connectivity index (χ0n) is 19.0. The van der Waals surface area contributed by atoms with Gasteiger partial charge in [0.2, 0.25) is 0 Å². The standard InChI is InChI=1S/C24H30ClN5OS/c1-5-6-12-26-23(31)27-18(4)22-28-29-24(32-15-19-9-7-8-16(2)13-19)30(22)21-14-20(25)11-10-17(21)3/h7-11,13-14,18H,5-6,12,15H2,1-4H3,(H2,26,27,31). The lowest BCUT2D eigenvalue weighted by Crippen LogP contribution is -2.38. The number of amides is 2. The molecular weight excluding hydrogens is 442 g/mol. The summed E-state index contributed by atoms with van der Waals surface area (Å²) in [7, 11) is 0. The molecule has 0 aliphatic carbocycles. The molecule has 0 fully saturated rings. The molecule has 32 heavy (non-hydrogen) atoms. The van der Waals surface area contributed by atoms with E-state index in [9.17, 15) is 4.79 Å². The van der Waals surface area contributed by atoms with E-state index >= 15 is 0 Å². The molecule has 0 aliphatic heterocycles. The molecule has 1 unspecified atom stereocenters. The quantitative estimate of drug-likeness (QED) is 0.297. The molecule has 0 saturated heterocycles. The molecule has 8 heteroatoms. The Morgan fingerprint density at radius 1 is 1.19 bits per heavy atom. The smallest absolute Gasteiger partial charge is 0.315 e. The summed E-state index contributed by atoms with van der Waals surface area (Å²) in [4.78, 5) is 12.3. The van der Waals surface area contributed by atoms with Gasteiger partial charge >= 0.3 is 6.03 Å². The number of carbonyl (C=O) groups excluding carboxylic acids is 1. The number of unbranched alkanes of at least 4 members (excludes halogenated alkanes) is 1. The Hall–Kier alpha value is -2.51.